The summed E-state index contributed by atoms with van der Waals surface area (Å²) in [5, 5.41) is 3.60. The highest BCUT2D eigenvalue weighted by atomic mass is 35.5. The van der Waals surface area contributed by atoms with E-state index in [0.29, 0.717) is 17.3 Å². The van der Waals surface area contributed by atoms with Gasteiger partial charge in [0.05, 0.1) is 0 Å². The summed E-state index contributed by atoms with van der Waals surface area (Å²) >= 11 is 5.81. The molecule has 0 spiro atoms. The normalized spacial score (nSPS) is 10.4. The van der Waals surface area contributed by atoms with Crippen molar-refractivity contribution in [2.24, 2.45) is 0 Å². The van der Waals surface area contributed by atoms with Crippen molar-refractivity contribution in [3.63, 3.8) is 0 Å². The molecule has 2 rings (SSSR count). The Labute approximate surface area is 112 Å². The molecule has 0 unspecified atom stereocenters. The zero-order valence-corrected chi connectivity index (χ0v) is 11.0. The fourth-order valence-corrected chi connectivity index (χ4v) is 2.15. The van der Waals surface area contributed by atoms with Crippen molar-refractivity contribution in [3.8, 4) is 0 Å². The second-order valence-electron chi connectivity index (χ2n) is 4.13. The van der Waals surface area contributed by atoms with Crippen LogP contribution in [0.3, 0.4) is 0 Å². The predicted octanol–water partition coefficient (Wildman–Crippen LogP) is 4.65. The predicted molar refractivity (Wildman–Crippen MR) is 74.6 cm³/mol. The first-order valence-electron chi connectivity index (χ1n) is 5.96. The second-order valence-corrected chi connectivity index (χ2v) is 4.57. The van der Waals surface area contributed by atoms with Gasteiger partial charge in [0.2, 0.25) is 0 Å². The van der Waals surface area contributed by atoms with Gasteiger partial charge in [-0.15, -0.1) is 0 Å². The van der Waals surface area contributed by atoms with Crippen LogP contribution in [0.1, 0.15) is 18.1 Å². The van der Waals surface area contributed by atoms with Gasteiger partial charge in [-0.3, -0.25) is 0 Å². The van der Waals surface area contributed by atoms with Crippen molar-refractivity contribution < 1.29 is 4.39 Å². The lowest BCUT2D eigenvalue weighted by Gasteiger charge is -2.10. The molecule has 0 aromatic heterocycles. The van der Waals surface area contributed by atoms with Crippen LogP contribution >= 0.6 is 11.6 Å². The van der Waals surface area contributed by atoms with Crippen molar-refractivity contribution in [1.29, 1.82) is 0 Å². The summed E-state index contributed by atoms with van der Waals surface area (Å²) < 4.78 is 13.2. The number of aryl methyl sites for hydroxylation is 1. The molecule has 3 heteroatoms. The highest BCUT2D eigenvalue weighted by Gasteiger charge is 2.02. The van der Waals surface area contributed by atoms with E-state index in [1.54, 1.807) is 6.07 Å². The van der Waals surface area contributed by atoms with Crippen LogP contribution in [0.2, 0.25) is 5.02 Å². The molecular weight excluding hydrogens is 249 g/mol. The van der Waals surface area contributed by atoms with E-state index in [0.717, 1.165) is 6.42 Å². The van der Waals surface area contributed by atoms with Crippen LogP contribution in [0.4, 0.5) is 10.1 Å². The van der Waals surface area contributed by atoms with Gasteiger partial charge in [0.25, 0.3) is 0 Å². The van der Waals surface area contributed by atoms with E-state index in [-0.39, 0.29) is 5.82 Å². The molecule has 18 heavy (non-hydrogen) atoms. The van der Waals surface area contributed by atoms with Crippen molar-refractivity contribution >= 4 is 17.3 Å². The molecule has 0 saturated heterocycles. The molecule has 0 aliphatic heterocycles. The molecule has 94 valence electrons. The zero-order valence-electron chi connectivity index (χ0n) is 10.2. The SMILES string of the molecule is CCc1ccccc1CNc1cc(F)cc(Cl)c1. The molecule has 0 aliphatic carbocycles. The highest BCUT2D eigenvalue weighted by molar-refractivity contribution is 6.30. The summed E-state index contributed by atoms with van der Waals surface area (Å²) in [6.07, 6.45) is 0.988. The molecule has 1 nitrogen and oxygen atoms in total. The van der Waals surface area contributed by atoms with E-state index in [2.05, 4.69) is 24.4 Å². The smallest absolute Gasteiger partial charge is 0.126 e. The lowest BCUT2D eigenvalue weighted by Crippen LogP contribution is -2.02. The third-order valence-corrected chi connectivity index (χ3v) is 3.06. The molecule has 1 N–H and O–H groups in total. The van der Waals surface area contributed by atoms with Gasteiger partial charge in [0.15, 0.2) is 0 Å². The molecule has 0 heterocycles. The minimum atomic E-state index is -0.325. The summed E-state index contributed by atoms with van der Waals surface area (Å²) in [4.78, 5) is 0. The molecule has 0 amide bonds. The Morgan fingerprint density at radius 1 is 1.11 bits per heavy atom. The lowest BCUT2D eigenvalue weighted by molar-refractivity contribution is 0.628. The van der Waals surface area contributed by atoms with Crippen LogP contribution < -0.4 is 5.32 Å². The fourth-order valence-electron chi connectivity index (χ4n) is 1.93. The minimum absolute atomic E-state index is 0.325. The standard InChI is InChI=1S/C15H15ClFN/c1-2-11-5-3-4-6-12(11)10-18-15-8-13(16)7-14(17)9-15/h3-9,18H,2,10H2,1H3. The molecule has 2 aromatic carbocycles. The van der Waals surface area contributed by atoms with Gasteiger partial charge in [0.1, 0.15) is 5.82 Å². The van der Waals surface area contributed by atoms with Gasteiger partial charge >= 0.3 is 0 Å². The number of anilines is 1. The van der Waals surface area contributed by atoms with Crippen LogP contribution in [-0.2, 0) is 13.0 Å². The fraction of sp³-hybridized carbons (Fsp3) is 0.200. The van der Waals surface area contributed by atoms with Crippen molar-refractivity contribution in [2.75, 3.05) is 5.32 Å². The number of nitrogens with one attached hydrogen (secondary N) is 1. The summed E-state index contributed by atoms with van der Waals surface area (Å²) in [6, 6.07) is 12.7. The van der Waals surface area contributed by atoms with Crippen LogP contribution in [0.25, 0.3) is 0 Å². The van der Waals surface area contributed by atoms with Gasteiger partial charge in [-0.25, -0.2) is 4.39 Å². The molecule has 0 saturated carbocycles. The van der Waals surface area contributed by atoms with Crippen molar-refractivity contribution in [2.45, 2.75) is 19.9 Å². The quantitative estimate of drug-likeness (QED) is 0.846. The average Bonchev–Trinajstić information content (AvgIpc) is 2.35. The Kier molecular flexibility index (Phi) is 4.21. The number of halogens is 2. The van der Waals surface area contributed by atoms with Gasteiger partial charge in [0, 0.05) is 17.3 Å². The van der Waals surface area contributed by atoms with E-state index in [1.165, 1.54) is 23.3 Å². The van der Waals surface area contributed by atoms with Crippen LogP contribution in [-0.4, -0.2) is 0 Å². The Hall–Kier alpha value is -1.54. The van der Waals surface area contributed by atoms with Gasteiger partial charge in [-0.05, 0) is 35.7 Å². The second kappa shape index (κ2) is 5.87. The molecule has 0 bridgehead atoms. The number of hydrogen-bond donors (Lipinski definition) is 1. The number of rotatable bonds is 4. The van der Waals surface area contributed by atoms with E-state index in [4.69, 9.17) is 11.6 Å². The van der Waals surface area contributed by atoms with Gasteiger partial charge < -0.3 is 5.32 Å². The summed E-state index contributed by atoms with van der Waals surface area (Å²) in [5.74, 6) is -0.325. The number of hydrogen-bond acceptors (Lipinski definition) is 1. The van der Waals surface area contributed by atoms with Crippen LogP contribution in [0.5, 0.6) is 0 Å². The van der Waals surface area contributed by atoms with E-state index in [1.807, 2.05) is 12.1 Å². The summed E-state index contributed by atoms with van der Waals surface area (Å²) in [6.45, 7) is 2.79. The Morgan fingerprint density at radius 3 is 2.50 bits per heavy atom. The van der Waals surface area contributed by atoms with Crippen LogP contribution in [0, 0.1) is 5.82 Å². The first kappa shape index (κ1) is 12.9. The highest BCUT2D eigenvalue weighted by Crippen LogP contribution is 2.19. The molecular formula is C15H15ClFN. The molecule has 2 aromatic rings. The van der Waals surface area contributed by atoms with Crippen molar-refractivity contribution in [3.05, 3.63) is 64.4 Å². The first-order chi connectivity index (χ1) is 8.69. The Bertz CT molecular complexity index is 520. The maximum atomic E-state index is 13.2. The topological polar surface area (TPSA) is 12.0 Å². The van der Waals surface area contributed by atoms with Crippen molar-refractivity contribution in [1.82, 2.24) is 0 Å². The monoisotopic (exact) mass is 263 g/mol. The molecule has 0 radical (unpaired) electrons. The van der Waals surface area contributed by atoms with E-state index < -0.39 is 0 Å². The Morgan fingerprint density at radius 2 is 1.83 bits per heavy atom. The lowest BCUT2D eigenvalue weighted by atomic mass is 10.1. The maximum Gasteiger partial charge on any atom is 0.126 e. The minimum Gasteiger partial charge on any atom is -0.381 e. The first-order valence-corrected chi connectivity index (χ1v) is 6.33. The van der Waals surface area contributed by atoms with Gasteiger partial charge in [-0.1, -0.05) is 42.8 Å². The third kappa shape index (κ3) is 3.23. The largest absolute Gasteiger partial charge is 0.381 e. The molecule has 0 aliphatic rings. The molecule has 0 fully saturated rings. The van der Waals surface area contributed by atoms with E-state index >= 15 is 0 Å². The van der Waals surface area contributed by atoms with E-state index in [9.17, 15) is 4.39 Å². The number of benzene rings is 2. The molecule has 0 atom stereocenters. The third-order valence-electron chi connectivity index (χ3n) is 2.84. The average molecular weight is 264 g/mol. The van der Waals surface area contributed by atoms with Gasteiger partial charge in [-0.2, -0.15) is 0 Å². The summed E-state index contributed by atoms with van der Waals surface area (Å²) in [7, 11) is 0. The summed E-state index contributed by atoms with van der Waals surface area (Å²) in [5.41, 5.74) is 3.22. The maximum absolute atomic E-state index is 13.2. The zero-order chi connectivity index (χ0) is 13.0. The van der Waals surface area contributed by atoms with Crippen LogP contribution in [0.15, 0.2) is 42.5 Å². The Balaban J connectivity index is 2.11.